The molecule has 3 atom stereocenters. The highest BCUT2D eigenvalue weighted by Gasteiger charge is 2.49. The van der Waals surface area contributed by atoms with Crippen molar-refractivity contribution in [2.24, 2.45) is 0 Å². The fourth-order valence-corrected chi connectivity index (χ4v) is 1.95. The van der Waals surface area contributed by atoms with Gasteiger partial charge in [-0.1, -0.05) is 13.3 Å². The maximum absolute atomic E-state index is 5.74. The second-order valence-electron chi connectivity index (χ2n) is 3.76. The van der Waals surface area contributed by atoms with Gasteiger partial charge in [-0.3, -0.25) is 0 Å². The van der Waals surface area contributed by atoms with Crippen molar-refractivity contribution < 1.29 is 9.47 Å². The highest BCUT2D eigenvalue weighted by Crippen LogP contribution is 2.37. The van der Waals surface area contributed by atoms with Crippen LogP contribution in [0.15, 0.2) is 0 Å². The molecule has 0 bridgehead atoms. The van der Waals surface area contributed by atoms with Gasteiger partial charge in [0, 0.05) is 6.61 Å². The maximum atomic E-state index is 5.74. The Morgan fingerprint density at radius 1 is 1.42 bits per heavy atom. The molecule has 2 heteroatoms. The van der Waals surface area contributed by atoms with Gasteiger partial charge in [0.15, 0.2) is 0 Å². The van der Waals surface area contributed by atoms with Crippen LogP contribution in [0.1, 0.15) is 40.5 Å². The van der Waals surface area contributed by atoms with Crippen molar-refractivity contribution in [2.75, 3.05) is 6.61 Å². The zero-order valence-electron chi connectivity index (χ0n) is 8.59. The summed E-state index contributed by atoms with van der Waals surface area (Å²) in [6.45, 7) is 9.28. The molecule has 0 aromatic carbocycles. The Balaban J connectivity index is 2.46. The Bertz CT molecular complexity index is 139. The molecular weight excluding hydrogens is 152 g/mol. The summed E-state index contributed by atoms with van der Waals surface area (Å²) in [4.78, 5) is 0. The first-order valence-electron chi connectivity index (χ1n) is 4.93. The molecule has 0 N–H and O–H groups in total. The average Bonchev–Trinajstić information content (AvgIpc) is 2.68. The third-order valence-electron chi connectivity index (χ3n) is 2.53. The van der Waals surface area contributed by atoms with Gasteiger partial charge in [0.1, 0.15) is 6.10 Å². The molecule has 1 saturated heterocycles. The van der Waals surface area contributed by atoms with Crippen LogP contribution in [0.5, 0.6) is 0 Å². The minimum absolute atomic E-state index is 0.0388. The van der Waals surface area contributed by atoms with E-state index in [1.807, 2.05) is 6.92 Å². The largest absolute Gasteiger partial charge is 0.373 e. The van der Waals surface area contributed by atoms with Crippen molar-refractivity contribution in [1.29, 1.82) is 0 Å². The van der Waals surface area contributed by atoms with Gasteiger partial charge in [-0.2, -0.15) is 0 Å². The van der Waals surface area contributed by atoms with Gasteiger partial charge in [-0.25, -0.2) is 0 Å². The third kappa shape index (κ3) is 1.99. The first-order valence-corrected chi connectivity index (χ1v) is 4.93. The summed E-state index contributed by atoms with van der Waals surface area (Å²) in [5.74, 6) is 0. The molecule has 1 rings (SSSR count). The summed E-state index contributed by atoms with van der Waals surface area (Å²) in [7, 11) is 0. The average molecular weight is 172 g/mol. The molecule has 72 valence electrons. The molecule has 1 aliphatic rings. The number of epoxide rings is 1. The van der Waals surface area contributed by atoms with E-state index in [1.54, 1.807) is 0 Å². The van der Waals surface area contributed by atoms with Gasteiger partial charge in [0.25, 0.3) is 0 Å². The lowest BCUT2D eigenvalue weighted by molar-refractivity contribution is -0.0504. The lowest BCUT2D eigenvalue weighted by Crippen LogP contribution is -2.36. The molecule has 0 saturated carbocycles. The molecule has 12 heavy (non-hydrogen) atoms. The standard InChI is InChI=1S/C10H20O2/c1-5-7-10(4,11-6-2)9-8(3)12-9/h8-9H,5-7H2,1-4H3. The third-order valence-corrected chi connectivity index (χ3v) is 2.53. The van der Waals surface area contributed by atoms with Crippen molar-refractivity contribution in [2.45, 2.75) is 58.3 Å². The highest BCUT2D eigenvalue weighted by atomic mass is 16.6. The van der Waals surface area contributed by atoms with E-state index in [1.165, 1.54) is 0 Å². The lowest BCUT2D eigenvalue weighted by Gasteiger charge is -2.27. The lowest BCUT2D eigenvalue weighted by atomic mass is 9.94. The van der Waals surface area contributed by atoms with E-state index < -0.39 is 0 Å². The van der Waals surface area contributed by atoms with Crippen LogP contribution in [0.4, 0.5) is 0 Å². The topological polar surface area (TPSA) is 21.8 Å². The fourth-order valence-electron chi connectivity index (χ4n) is 1.95. The molecule has 1 fully saturated rings. The number of rotatable bonds is 5. The zero-order valence-corrected chi connectivity index (χ0v) is 8.59. The van der Waals surface area contributed by atoms with E-state index in [-0.39, 0.29) is 5.60 Å². The maximum Gasteiger partial charge on any atom is 0.112 e. The summed E-state index contributed by atoms with van der Waals surface area (Å²) < 4.78 is 11.2. The summed E-state index contributed by atoms with van der Waals surface area (Å²) in [6, 6.07) is 0. The van der Waals surface area contributed by atoms with Gasteiger partial charge >= 0.3 is 0 Å². The van der Waals surface area contributed by atoms with Crippen molar-refractivity contribution in [1.82, 2.24) is 0 Å². The van der Waals surface area contributed by atoms with Gasteiger partial charge in [-0.05, 0) is 27.2 Å². The van der Waals surface area contributed by atoms with Crippen LogP contribution in [0.25, 0.3) is 0 Å². The second-order valence-corrected chi connectivity index (χ2v) is 3.76. The van der Waals surface area contributed by atoms with Crippen molar-refractivity contribution >= 4 is 0 Å². The minimum Gasteiger partial charge on any atom is -0.373 e. The number of ether oxygens (including phenoxy) is 2. The Hall–Kier alpha value is -0.0800. The summed E-state index contributed by atoms with van der Waals surface area (Å²) >= 11 is 0. The molecule has 0 radical (unpaired) electrons. The van der Waals surface area contributed by atoms with Crippen LogP contribution < -0.4 is 0 Å². The molecule has 1 aliphatic heterocycles. The van der Waals surface area contributed by atoms with Gasteiger partial charge in [-0.15, -0.1) is 0 Å². The molecule has 0 aliphatic carbocycles. The first kappa shape index (κ1) is 10.0. The molecule has 0 spiro atoms. The van der Waals surface area contributed by atoms with Gasteiger partial charge in [0.2, 0.25) is 0 Å². The van der Waals surface area contributed by atoms with E-state index in [0.717, 1.165) is 19.4 Å². The van der Waals surface area contributed by atoms with Crippen LogP contribution in [0.2, 0.25) is 0 Å². The van der Waals surface area contributed by atoms with Gasteiger partial charge < -0.3 is 9.47 Å². The molecular formula is C10H20O2. The monoisotopic (exact) mass is 172 g/mol. The normalized spacial score (nSPS) is 33.0. The van der Waals surface area contributed by atoms with Crippen LogP contribution in [0.3, 0.4) is 0 Å². The summed E-state index contributed by atoms with van der Waals surface area (Å²) in [5.41, 5.74) is -0.0388. The Morgan fingerprint density at radius 2 is 2.00 bits per heavy atom. The molecule has 3 unspecified atom stereocenters. The molecule has 0 amide bonds. The van der Waals surface area contributed by atoms with Crippen molar-refractivity contribution in [3.63, 3.8) is 0 Å². The molecule has 0 aromatic heterocycles. The smallest absolute Gasteiger partial charge is 0.112 e. The Morgan fingerprint density at radius 3 is 2.33 bits per heavy atom. The van der Waals surface area contributed by atoms with Gasteiger partial charge in [0.05, 0.1) is 11.7 Å². The van der Waals surface area contributed by atoms with Crippen LogP contribution in [-0.2, 0) is 9.47 Å². The minimum atomic E-state index is -0.0388. The second kappa shape index (κ2) is 3.75. The highest BCUT2D eigenvalue weighted by molar-refractivity contribution is 4.97. The van der Waals surface area contributed by atoms with Crippen LogP contribution in [-0.4, -0.2) is 24.4 Å². The van der Waals surface area contributed by atoms with Crippen LogP contribution in [0, 0.1) is 0 Å². The summed E-state index contributed by atoms with van der Waals surface area (Å²) in [6.07, 6.45) is 2.98. The molecule has 0 aromatic rings. The summed E-state index contributed by atoms with van der Waals surface area (Å²) in [5, 5.41) is 0. The van der Waals surface area contributed by atoms with E-state index in [4.69, 9.17) is 9.47 Å². The zero-order chi connectivity index (χ0) is 9.19. The molecule has 1 heterocycles. The quantitative estimate of drug-likeness (QED) is 0.594. The van der Waals surface area contributed by atoms with Crippen molar-refractivity contribution in [3.8, 4) is 0 Å². The predicted molar refractivity (Wildman–Crippen MR) is 49.3 cm³/mol. The SMILES string of the molecule is CCCC(C)(OCC)C1OC1C. The number of hydrogen-bond donors (Lipinski definition) is 0. The number of hydrogen-bond acceptors (Lipinski definition) is 2. The fraction of sp³-hybridized carbons (Fsp3) is 1.00. The Labute approximate surface area is 75.2 Å². The van der Waals surface area contributed by atoms with E-state index in [9.17, 15) is 0 Å². The predicted octanol–water partition coefficient (Wildman–Crippen LogP) is 2.37. The van der Waals surface area contributed by atoms with E-state index >= 15 is 0 Å². The Kier molecular flexibility index (Phi) is 3.13. The molecule has 2 nitrogen and oxygen atoms in total. The van der Waals surface area contributed by atoms with E-state index in [2.05, 4.69) is 20.8 Å². The van der Waals surface area contributed by atoms with E-state index in [0.29, 0.717) is 12.2 Å². The first-order chi connectivity index (χ1) is 5.64. The van der Waals surface area contributed by atoms with Crippen molar-refractivity contribution in [3.05, 3.63) is 0 Å². The van der Waals surface area contributed by atoms with Crippen LogP contribution >= 0.6 is 0 Å².